The lowest BCUT2D eigenvalue weighted by molar-refractivity contribution is -0.166. The van der Waals surface area contributed by atoms with Crippen LogP contribution in [0.25, 0.3) is 0 Å². The van der Waals surface area contributed by atoms with Crippen molar-refractivity contribution in [3.05, 3.63) is 0 Å². The molecular formula is C17H32O3. The summed E-state index contributed by atoms with van der Waals surface area (Å²) in [5, 5.41) is 0. The SMILES string of the molecule is CCCCC(CC)C(=O)OC(=O)C(CCC)CCCC. The summed E-state index contributed by atoms with van der Waals surface area (Å²) in [6, 6.07) is 0. The number of carbonyl (C=O) groups is 2. The average Bonchev–Trinajstić information content (AvgIpc) is 2.44. The Hall–Kier alpha value is -0.860. The Morgan fingerprint density at radius 1 is 0.750 bits per heavy atom. The number of esters is 2. The lowest BCUT2D eigenvalue weighted by atomic mass is 9.96. The van der Waals surface area contributed by atoms with E-state index in [1.165, 1.54) is 0 Å². The minimum absolute atomic E-state index is 0.104. The molecule has 20 heavy (non-hydrogen) atoms. The Kier molecular flexibility index (Phi) is 11.4. The fourth-order valence-electron chi connectivity index (χ4n) is 2.38. The Morgan fingerprint density at radius 3 is 1.70 bits per heavy atom. The van der Waals surface area contributed by atoms with Crippen molar-refractivity contribution in [3.8, 4) is 0 Å². The zero-order chi connectivity index (χ0) is 15.4. The second-order valence-corrected chi connectivity index (χ2v) is 5.62. The number of unbranched alkanes of at least 4 members (excludes halogenated alkanes) is 2. The Labute approximate surface area is 124 Å². The van der Waals surface area contributed by atoms with Gasteiger partial charge in [0.1, 0.15) is 0 Å². The second kappa shape index (κ2) is 11.9. The van der Waals surface area contributed by atoms with Crippen molar-refractivity contribution in [2.24, 2.45) is 11.8 Å². The van der Waals surface area contributed by atoms with Crippen molar-refractivity contribution in [1.29, 1.82) is 0 Å². The maximum Gasteiger partial charge on any atom is 0.316 e. The van der Waals surface area contributed by atoms with Crippen LogP contribution in [0.4, 0.5) is 0 Å². The minimum Gasteiger partial charge on any atom is -0.393 e. The molecule has 0 bridgehead atoms. The standard InChI is InChI=1S/C17H32O3/c1-5-9-12-14(8-4)16(18)20-17(19)15(11-7-3)13-10-6-2/h14-15H,5-13H2,1-4H3. The Balaban J connectivity index is 4.39. The van der Waals surface area contributed by atoms with E-state index in [0.717, 1.165) is 57.8 Å². The quantitative estimate of drug-likeness (QED) is 0.401. The smallest absolute Gasteiger partial charge is 0.316 e. The highest BCUT2D eigenvalue weighted by atomic mass is 16.6. The van der Waals surface area contributed by atoms with Gasteiger partial charge in [0.25, 0.3) is 0 Å². The topological polar surface area (TPSA) is 43.4 Å². The van der Waals surface area contributed by atoms with Crippen molar-refractivity contribution < 1.29 is 14.3 Å². The van der Waals surface area contributed by atoms with E-state index in [2.05, 4.69) is 20.8 Å². The molecular weight excluding hydrogens is 252 g/mol. The molecule has 0 amide bonds. The molecule has 0 fully saturated rings. The van der Waals surface area contributed by atoms with E-state index < -0.39 is 0 Å². The van der Waals surface area contributed by atoms with Crippen LogP contribution in [-0.4, -0.2) is 11.9 Å². The van der Waals surface area contributed by atoms with Gasteiger partial charge < -0.3 is 4.74 Å². The first-order valence-corrected chi connectivity index (χ1v) is 8.36. The minimum atomic E-state index is -0.316. The number of rotatable bonds is 11. The maximum absolute atomic E-state index is 12.1. The highest BCUT2D eigenvalue weighted by Gasteiger charge is 2.25. The molecule has 118 valence electrons. The molecule has 0 aliphatic rings. The first-order valence-electron chi connectivity index (χ1n) is 8.36. The predicted octanol–water partition coefficient (Wildman–Crippen LogP) is 4.88. The van der Waals surface area contributed by atoms with Gasteiger partial charge in [-0.1, -0.05) is 59.8 Å². The monoisotopic (exact) mass is 284 g/mol. The van der Waals surface area contributed by atoms with Gasteiger partial charge in [0.2, 0.25) is 0 Å². The van der Waals surface area contributed by atoms with Crippen LogP contribution in [-0.2, 0) is 14.3 Å². The fourth-order valence-corrected chi connectivity index (χ4v) is 2.38. The van der Waals surface area contributed by atoms with Gasteiger partial charge in [-0.2, -0.15) is 0 Å². The van der Waals surface area contributed by atoms with Crippen molar-refractivity contribution in [3.63, 3.8) is 0 Å². The molecule has 0 rings (SSSR count). The van der Waals surface area contributed by atoms with Crippen molar-refractivity contribution in [2.75, 3.05) is 0 Å². The van der Waals surface area contributed by atoms with Gasteiger partial charge in [-0.25, -0.2) is 0 Å². The van der Waals surface area contributed by atoms with Gasteiger partial charge in [0.15, 0.2) is 0 Å². The summed E-state index contributed by atoms with van der Waals surface area (Å²) in [5.41, 5.74) is 0. The normalized spacial score (nSPS) is 13.8. The van der Waals surface area contributed by atoms with E-state index in [1.807, 2.05) is 6.92 Å². The van der Waals surface area contributed by atoms with Crippen LogP contribution in [0, 0.1) is 11.8 Å². The van der Waals surface area contributed by atoms with Crippen LogP contribution < -0.4 is 0 Å². The zero-order valence-electron chi connectivity index (χ0n) is 13.7. The Bertz CT molecular complexity index is 273. The van der Waals surface area contributed by atoms with E-state index in [0.29, 0.717) is 0 Å². The van der Waals surface area contributed by atoms with Gasteiger partial charge in [-0.15, -0.1) is 0 Å². The molecule has 0 heterocycles. The maximum atomic E-state index is 12.1. The molecule has 0 aliphatic heterocycles. The summed E-state index contributed by atoms with van der Waals surface area (Å²) in [7, 11) is 0. The third-order valence-corrected chi connectivity index (χ3v) is 3.81. The second-order valence-electron chi connectivity index (χ2n) is 5.62. The molecule has 2 atom stereocenters. The summed E-state index contributed by atoms with van der Waals surface area (Å²) in [4.78, 5) is 24.1. The van der Waals surface area contributed by atoms with Crippen LogP contribution in [0.15, 0.2) is 0 Å². The van der Waals surface area contributed by atoms with Gasteiger partial charge in [-0.3, -0.25) is 9.59 Å². The molecule has 0 aromatic heterocycles. The van der Waals surface area contributed by atoms with Crippen LogP contribution >= 0.6 is 0 Å². The number of hydrogen-bond donors (Lipinski definition) is 0. The predicted molar refractivity (Wildman–Crippen MR) is 82.3 cm³/mol. The van der Waals surface area contributed by atoms with Crippen molar-refractivity contribution in [2.45, 2.75) is 85.5 Å². The summed E-state index contributed by atoms with van der Waals surface area (Å²) in [6.07, 6.45) is 8.33. The van der Waals surface area contributed by atoms with Gasteiger partial charge >= 0.3 is 11.9 Å². The van der Waals surface area contributed by atoms with E-state index in [4.69, 9.17) is 4.74 Å². The van der Waals surface area contributed by atoms with Crippen LogP contribution in [0.5, 0.6) is 0 Å². The summed E-state index contributed by atoms with van der Waals surface area (Å²) < 4.78 is 5.13. The number of ether oxygens (including phenoxy) is 1. The molecule has 0 aliphatic carbocycles. The van der Waals surface area contributed by atoms with Gasteiger partial charge in [0, 0.05) is 0 Å². The zero-order valence-corrected chi connectivity index (χ0v) is 13.7. The van der Waals surface area contributed by atoms with E-state index >= 15 is 0 Å². The van der Waals surface area contributed by atoms with Crippen molar-refractivity contribution in [1.82, 2.24) is 0 Å². The molecule has 0 radical (unpaired) electrons. The number of hydrogen-bond acceptors (Lipinski definition) is 3. The fraction of sp³-hybridized carbons (Fsp3) is 0.882. The highest BCUT2D eigenvalue weighted by Crippen LogP contribution is 2.19. The van der Waals surface area contributed by atoms with Gasteiger partial charge in [0.05, 0.1) is 11.8 Å². The highest BCUT2D eigenvalue weighted by molar-refractivity contribution is 5.87. The molecule has 0 aromatic carbocycles. The molecule has 3 heteroatoms. The van der Waals surface area contributed by atoms with Gasteiger partial charge in [-0.05, 0) is 25.7 Å². The first-order chi connectivity index (χ1) is 9.60. The summed E-state index contributed by atoms with van der Waals surface area (Å²) in [5.74, 6) is -0.844. The van der Waals surface area contributed by atoms with Crippen LogP contribution in [0.1, 0.15) is 85.5 Å². The third-order valence-electron chi connectivity index (χ3n) is 3.81. The lowest BCUT2D eigenvalue weighted by Gasteiger charge is -2.17. The largest absolute Gasteiger partial charge is 0.393 e. The van der Waals surface area contributed by atoms with Crippen molar-refractivity contribution >= 4 is 11.9 Å². The third kappa shape index (κ3) is 7.66. The molecule has 2 unspecified atom stereocenters. The Morgan fingerprint density at radius 2 is 1.25 bits per heavy atom. The van der Waals surface area contributed by atoms with E-state index in [-0.39, 0.29) is 23.8 Å². The molecule has 0 saturated carbocycles. The van der Waals surface area contributed by atoms with E-state index in [9.17, 15) is 9.59 Å². The number of carbonyl (C=O) groups excluding carboxylic acids is 2. The van der Waals surface area contributed by atoms with Crippen LogP contribution in [0.2, 0.25) is 0 Å². The molecule has 0 aromatic rings. The molecule has 0 saturated heterocycles. The lowest BCUT2D eigenvalue weighted by Crippen LogP contribution is -2.26. The van der Waals surface area contributed by atoms with E-state index in [1.54, 1.807) is 0 Å². The summed E-state index contributed by atoms with van der Waals surface area (Å²) >= 11 is 0. The molecule has 0 spiro atoms. The first kappa shape index (κ1) is 19.1. The van der Waals surface area contributed by atoms with Crippen LogP contribution in [0.3, 0.4) is 0 Å². The average molecular weight is 284 g/mol. The summed E-state index contributed by atoms with van der Waals surface area (Å²) in [6.45, 7) is 8.25. The molecule has 0 N–H and O–H groups in total. The molecule has 3 nitrogen and oxygen atoms in total.